The number of fused-ring (bicyclic) bond motifs is 1. The molecule has 9 heteroatoms. The van der Waals surface area contributed by atoms with E-state index in [4.69, 9.17) is 19.7 Å². The van der Waals surface area contributed by atoms with E-state index in [0.717, 1.165) is 5.56 Å². The molecular formula is C25H21N3O6. The fraction of sp³-hybridized carbons (Fsp3) is 0.0800. The Morgan fingerprint density at radius 2 is 1.82 bits per heavy atom. The minimum absolute atomic E-state index is 0.0105. The van der Waals surface area contributed by atoms with Crippen molar-refractivity contribution in [1.29, 1.82) is 0 Å². The summed E-state index contributed by atoms with van der Waals surface area (Å²) in [6.07, 6.45) is 0. The standard InChI is InChI=1S/C25H21N3O6/c1-15-7-9-17(10-8-15)27-25(26)28-34-23(31)14-32-18-11-19(29)24-20(30)13-21(33-22(24)12-18)16-5-3-2-4-6-16/h2-13,29H,14H2,1H3,(H3,26,27,28). The van der Waals surface area contributed by atoms with Crippen LogP contribution in [0.4, 0.5) is 5.69 Å². The molecule has 0 amide bonds. The van der Waals surface area contributed by atoms with Crippen LogP contribution in [0.15, 0.2) is 87.0 Å². The van der Waals surface area contributed by atoms with Crippen molar-refractivity contribution in [3.8, 4) is 22.8 Å². The first-order chi connectivity index (χ1) is 16.4. The largest absolute Gasteiger partial charge is 0.507 e. The molecule has 0 unspecified atom stereocenters. The highest BCUT2D eigenvalue weighted by atomic mass is 16.7. The quantitative estimate of drug-likeness (QED) is 0.234. The Morgan fingerprint density at radius 3 is 2.56 bits per heavy atom. The van der Waals surface area contributed by atoms with Crippen molar-refractivity contribution in [1.82, 2.24) is 5.48 Å². The lowest BCUT2D eigenvalue weighted by Crippen LogP contribution is -2.35. The number of hydroxylamine groups is 1. The maximum atomic E-state index is 12.5. The predicted octanol–water partition coefficient (Wildman–Crippen LogP) is 3.55. The molecule has 3 aromatic carbocycles. The number of phenolic OH excluding ortho intramolecular Hbond substituents is 1. The van der Waals surface area contributed by atoms with Crippen LogP contribution in [0.2, 0.25) is 0 Å². The minimum Gasteiger partial charge on any atom is -0.507 e. The molecule has 4 aromatic rings. The monoisotopic (exact) mass is 459 g/mol. The lowest BCUT2D eigenvalue weighted by molar-refractivity contribution is -0.150. The van der Waals surface area contributed by atoms with E-state index in [1.165, 1.54) is 18.2 Å². The third kappa shape index (κ3) is 5.33. The van der Waals surface area contributed by atoms with Crippen LogP contribution in [-0.2, 0) is 9.63 Å². The third-order valence-corrected chi connectivity index (χ3v) is 4.75. The average Bonchev–Trinajstić information content (AvgIpc) is 2.83. The van der Waals surface area contributed by atoms with Crippen LogP contribution in [0.1, 0.15) is 5.56 Å². The molecule has 0 radical (unpaired) electrons. The van der Waals surface area contributed by atoms with E-state index in [1.807, 2.05) is 37.3 Å². The molecule has 9 nitrogen and oxygen atoms in total. The Labute approximate surface area is 194 Å². The minimum atomic E-state index is -0.791. The lowest BCUT2D eigenvalue weighted by atomic mass is 10.1. The first-order valence-electron chi connectivity index (χ1n) is 10.2. The summed E-state index contributed by atoms with van der Waals surface area (Å²) in [6, 6.07) is 20.3. The number of aromatic hydroxyl groups is 1. The molecule has 0 aliphatic heterocycles. The molecule has 0 saturated carbocycles. The molecule has 0 aliphatic rings. The number of phenols is 1. The van der Waals surface area contributed by atoms with Gasteiger partial charge < -0.3 is 24.8 Å². The molecule has 0 bridgehead atoms. The molecular weight excluding hydrogens is 438 g/mol. The van der Waals surface area contributed by atoms with Gasteiger partial charge in [0.25, 0.3) is 0 Å². The molecule has 0 spiro atoms. The SMILES string of the molecule is Cc1ccc(N=C(N)NOC(=O)COc2cc(O)c3c(=O)cc(-c4ccccc4)oc3c2)cc1. The number of guanidine groups is 1. The second-order valence-electron chi connectivity index (χ2n) is 7.35. The van der Waals surface area contributed by atoms with Crippen molar-refractivity contribution in [2.45, 2.75) is 6.92 Å². The highest BCUT2D eigenvalue weighted by Gasteiger charge is 2.14. The van der Waals surface area contributed by atoms with Gasteiger partial charge in [0.05, 0.1) is 5.69 Å². The van der Waals surface area contributed by atoms with Crippen LogP contribution < -0.4 is 21.4 Å². The van der Waals surface area contributed by atoms with Crippen molar-refractivity contribution in [3.05, 3.63) is 88.6 Å². The predicted molar refractivity (Wildman–Crippen MR) is 127 cm³/mol. The second kappa shape index (κ2) is 9.78. The number of nitrogens with zero attached hydrogens (tertiary/aromatic N) is 1. The summed E-state index contributed by atoms with van der Waals surface area (Å²) in [4.78, 5) is 33.4. The Morgan fingerprint density at radius 1 is 1.09 bits per heavy atom. The summed E-state index contributed by atoms with van der Waals surface area (Å²) in [5, 5.41) is 10.3. The van der Waals surface area contributed by atoms with Gasteiger partial charge in [-0.05, 0) is 19.1 Å². The van der Waals surface area contributed by atoms with E-state index in [9.17, 15) is 14.7 Å². The number of nitrogens with two attached hydrogens (primary N) is 1. The summed E-state index contributed by atoms with van der Waals surface area (Å²) in [6.45, 7) is 1.44. The average molecular weight is 459 g/mol. The topological polar surface area (TPSA) is 136 Å². The van der Waals surface area contributed by atoms with Crippen molar-refractivity contribution in [3.63, 3.8) is 0 Å². The Hall–Kier alpha value is -4.79. The molecule has 4 rings (SSSR count). The van der Waals surface area contributed by atoms with Crippen LogP contribution in [0, 0.1) is 6.92 Å². The zero-order valence-corrected chi connectivity index (χ0v) is 18.1. The number of carbonyl (C=O) groups excluding carboxylic acids is 1. The fourth-order valence-electron chi connectivity index (χ4n) is 3.13. The van der Waals surface area contributed by atoms with Gasteiger partial charge in [-0.1, -0.05) is 48.0 Å². The number of aliphatic imine (C=N–C) groups is 1. The van der Waals surface area contributed by atoms with Gasteiger partial charge in [-0.25, -0.2) is 9.79 Å². The molecule has 0 saturated heterocycles. The van der Waals surface area contributed by atoms with Crippen LogP contribution in [0.5, 0.6) is 11.5 Å². The number of hydrogen-bond donors (Lipinski definition) is 3. The summed E-state index contributed by atoms with van der Waals surface area (Å²) < 4.78 is 11.2. The fourth-order valence-corrected chi connectivity index (χ4v) is 3.13. The first kappa shape index (κ1) is 22.4. The summed E-state index contributed by atoms with van der Waals surface area (Å²) in [5.74, 6) is -0.795. The van der Waals surface area contributed by atoms with Crippen molar-refractivity contribution >= 4 is 28.6 Å². The van der Waals surface area contributed by atoms with Crippen LogP contribution in [0.25, 0.3) is 22.3 Å². The molecule has 4 N–H and O–H groups in total. The second-order valence-corrected chi connectivity index (χ2v) is 7.35. The molecule has 34 heavy (non-hydrogen) atoms. The Balaban J connectivity index is 1.43. The van der Waals surface area contributed by atoms with E-state index in [-0.39, 0.29) is 28.4 Å². The maximum Gasteiger partial charge on any atom is 0.369 e. The van der Waals surface area contributed by atoms with Crippen molar-refractivity contribution < 1.29 is 23.9 Å². The molecule has 172 valence electrons. The number of carbonyl (C=O) groups is 1. The van der Waals surface area contributed by atoms with Gasteiger partial charge in [-0.3, -0.25) is 4.79 Å². The van der Waals surface area contributed by atoms with Gasteiger partial charge in [0.1, 0.15) is 28.2 Å². The van der Waals surface area contributed by atoms with E-state index in [1.54, 1.807) is 24.3 Å². The summed E-state index contributed by atoms with van der Waals surface area (Å²) >= 11 is 0. The maximum absolute atomic E-state index is 12.5. The molecule has 1 heterocycles. The number of aryl methyl sites for hydroxylation is 1. The highest BCUT2D eigenvalue weighted by molar-refractivity contribution is 5.86. The zero-order chi connectivity index (χ0) is 24.1. The van der Waals surface area contributed by atoms with Crippen molar-refractivity contribution in [2.75, 3.05) is 6.61 Å². The molecule has 1 aromatic heterocycles. The third-order valence-electron chi connectivity index (χ3n) is 4.75. The van der Waals surface area contributed by atoms with Crippen LogP contribution in [0.3, 0.4) is 0 Å². The molecule has 0 aliphatic carbocycles. The first-order valence-corrected chi connectivity index (χ1v) is 10.2. The van der Waals surface area contributed by atoms with E-state index in [2.05, 4.69) is 10.5 Å². The van der Waals surface area contributed by atoms with Gasteiger partial charge in [-0.15, -0.1) is 0 Å². The number of hydrogen-bond acceptors (Lipinski definition) is 7. The van der Waals surface area contributed by atoms with E-state index >= 15 is 0 Å². The highest BCUT2D eigenvalue weighted by Crippen LogP contribution is 2.31. The Kier molecular flexibility index (Phi) is 6.45. The van der Waals surface area contributed by atoms with Gasteiger partial charge in [0.15, 0.2) is 12.0 Å². The van der Waals surface area contributed by atoms with Gasteiger partial charge in [0, 0.05) is 23.8 Å². The van der Waals surface area contributed by atoms with Gasteiger partial charge in [0.2, 0.25) is 5.96 Å². The lowest BCUT2D eigenvalue weighted by Gasteiger charge is -2.10. The smallest absolute Gasteiger partial charge is 0.369 e. The summed E-state index contributed by atoms with van der Waals surface area (Å²) in [5.41, 5.74) is 10.0. The number of rotatable bonds is 5. The normalized spacial score (nSPS) is 11.3. The van der Waals surface area contributed by atoms with Crippen LogP contribution >= 0.6 is 0 Å². The van der Waals surface area contributed by atoms with Crippen LogP contribution in [-0.4, -0.2) is 23.6 Å². The Bertz CT molecular complexity index is 1410. The summed E-state index contributed by atoms with van der Waals surface area (Å²) in [7, 11) is 0. The van der Waals surface area contributed by atoms with E-state index in [0.29, 0.717) is 17.0 Å². The van der Waals surface area contributed by atoms with E-state index < -0.39 is 18.0 Å². The number of nitrogens with one attached hydrogen (secondary N) is 1. The number of benzene rings is 3. The van der Waals surface area contributed by atoms with Gasteiger partial charge in [-0.2, -0.15) is 5.48 Å². The van der Waals surface area contributed by atoms with Gasteiger partial charge >= 0.3 is 5.97 Å². The van der Waals surface area contributed by atoms with Crippen molar-refractivity contribution in [2.24, 2.45) is 10.7 Å². The number of ether oxygens (including phenoxy) is 1. The molecule has 0 atom stereocenters. The molecule has 0 fully saturated rings. The zero-order valence-electron chi connectivity index (χ0n) is 18.1.